The van der Waals surface area contributed by atoms with Crippen LogP contribution in [0.3, 0.4) is 0 Å². The van der Waals surface area contributed by atoms with Crippen LogP contribution in [0, 0.1) is 18.8 Å². The summed E-state index contributed by atoms with van der Waals surface area (Å²) in [5.74, 6) is 1.89. The van der Waals surface area contributed by atoms with Crippen molar-refractivity contribution in [2.75, 3.05) is 13.1 Å². The zero-order valence-corrected chi connectivity index (χ0v) is 12.1. The third-order valence-corrected chi connectivity index (χ3v) is 3.87. The first-order valence-corrected chi connectivity index (χ1v) is 7.09. The minimum atomic E-state index is 0.236. The van der Waals surface area contributed by atoms with Crippen LogP contribution in [-0.4, -0.2) is 19.2 Å². The summed E-state index contributed by atoms with van der Waals surface area (Å²) in [7, 11) is 0. The van der Waals surface area contributed by atoms with Crippen molar-refractivity contribution in [1.29, 1.82) is 0 Å². The van der Waals surface area contributed by atoms with E-state index in [0.717, 1.165) is 24.4 Å². The van der Waals surface area contributed by atoms with Crippen molar-refractivity contribution in [2.45, 2.75) is 33.3 Å². The first kappa shape index (κ1) is 13.7. The van der Waals surface area contributed by atoms with Crippen molar-refractivity contribution >= 4 is 11.6 Å². The third kappa shape index (κ3) is 3.18. The highest BCUT2D eigenvalue weighted by atomic mass is 35.5. The lowest BCUT2D eigenvalue weighted by atomic mass is 9.92. The molecule has 0 amide bonds. The summed E-state index contributed by atoms with van der Waals surface area (Å²) < 4.78 is 6.17. The molecule has 2 rings (SSSR count). The number of ether oxygens (including phenoxy) is 1. The van der Waals surface area contributed by atoms with E-state index in [1.165, 1.54) is 6.42 Å². The summed E-state index contributed by atoms with van der Waals surface area (Å²) in [6.07, 6.45) is 1.42. The van der Waals surface area contributed by atoms with Crippen molar-refractivity contribution in [3.05, 3.63) is 28.8 Å². The normalized spacial score (nSPS) is 21.3. The van der Waals surface area contributed by atoms with Gasteiger partial charge in [0.05, 0.1) is 5.02 Å². The Hall–Kier alpha value is -0.730. The van der Waals surface area contributed by atoms with E-state index < -0.39 is 0 Å². The molecule has 0 saturated carbocycles. The molecule has 100 valence electrons. The van der Waals surface area contributed by atoms with Gasteiger partial charge in [-0.25, -0.2) is 0 Å². The van der Waals surface area contributed by atoms with Crippen LogP contribution >= 0.6 is 11.6 Å². The van der Waals surface area contributed by atoms with Crippen LogP contribution in [0.5, 0.6) is 5.75 Å². The number of nitrogens with one attached hydrogen (secondary N) is 1. The Morgan fingerprint density at radius 1 is 1.39 bits per heavy atom. The monoisotopic (exact) mass is 267 g/mol. The van der Waals surface area contributed by atoms with Gasteiger partial charge in [0.2, 0.25) is 0 Å². The summed E-state index contributed by atoms with van der Waals surface area (Å²) in [4.78, 5) is 0. The van der Waals surface area contributed by atoms with E-state index in [4.69, 9.17) is 16.3 Å². The fourth-order valence-electron chi connectivity index (χ4n) is 2.58. The number of aryl methyl sites for hydroxylation is 1. The van der Waals surface area contributed by atoms with Crippen LogP contribution < -0.4 is 10.1 Å². The quantitative estimate of drug-likeness (QED) is 0.899. The van der Waals surface area contributed by atoms with E-state index in [0.29, 0.717) is 16.9 Å². The van der Waals surface area contributed by atoms with Gasteiger partial charge in [0, 0.05) is 12.5 Å². The average molecular weight is 268 g/mol. The Morgan fingerprint density at radius 3 is 2.72 bits per heavy atom. The highest BCUT2D eigenvalue weighted by Gasteiger charge is 2.29. The van der Waals surface area contributed by atoms with Gasteiger partial charge in [-0.15, -0.1) is 0 Å². The van der Waals surface area contributed by atoms with Crippen LogP contribution in [-0.2, 0) is 0 Å². The van der Waals surface area contributed by atoms with Crippen LogP contribution in [0.15, 0.2) is 18.2 Å². The molecule has 1 saturated heterocycles. The number of halogens is 1. The largest absolute Gasteiger partial charge is 0.488 e. The van der Waals surface area contributed by atoms with Gasteiger partial charge < -0.3 is 10.1 Å². The zero-order valence-electron chi connectivity index (χ0n) is 11.4. The van der Waals surface area contributed by atoms with Crippen LogP contribution in [0.2, 0.25) is 5.02 Å². The summed E-state index contributed by atoms with van der Waals surface area (Å²) in [6.45, 7) is 8.61. The molecule has 0 aliphatic carbocycles. The first-order chi connectivity index (χ1) is 8.58. The molecule has 3 heteroatoms. The van der Waals surface area contributed by atoms with Crippen molar-refractivity contribution in [3.63, 3.8) is 0 Å². The molecule has 0 radical (unpaired) electrons. The molecule has 0 bridgehead atoms. The molecule has 0 unspecified atom stereocenters. The predicted molar refractivity (Wildman–Crippen MR) is 76.4 cm³/mol. The minimum Gasteiger partial charge on any atom is -0.488 e. The molecule has 1 aliphatic heterocycles. The molecule has 1 aromatic rings. The van der Waals surface area contributed by atoms with Crippen molar-refractivity contribution in [2.24, 2.45) is 11.8 Å². The van der Waals surface area contributed by atoms with Crippen molar-refractivity contribution < 1.29 is 4.74 Å². The maximum absolute atomic E-state index is 6.24. The molecule has 18 heavy (non-hydrogen) atoms. The Balaban J connectivity index is 2.12. The molecule has 2 nitrogen and oxygen atoms in total. The molecule has 0 aromatic heterocycles. The molecule has 0 spiro atoms. The maximum Gasteiger partial charge on any atom is 0.138 e. The van der Waals surface area contributed by atoms with E-state index in [-0.39, 0.29) is 6.10 Å². The summed E-state index contributed by atoms with van der Waals surface area (Å²) >= 11 is 6.24. The molecular formula is C15H22ClNO. The van der Waals surface area contributed by atoms with Crippen molar-refractivity contribution in [1.82, 2.24) is 5.32 Å². The Kier molecular flexibility index (Phi) is 4.52. The van der Waals surface area contributed by atoms with Gasteiger partial charge in [-0.05, 0) is 43.5 Å². The highest BCUT2D eigenvalue weighted by Crippen LogP contribution is 2.30. The standard InChI is InChI=1S/C15H22ClNO/c1-10(2)15(12-6-7-17-9-12)18-14-5-4-11(3)8-13(14)16/h4-5,8,10,12,15,17H,6-7,9H2,1-3H3/t12-,15-/m0/s1. The highest BCUT2D eigenvalue weighted by molar-refractivity contribution is 6.32. The van der Waals surface area contributed by atoms with E-state index in [2.05, 4.69) is 19.2 Å². The lowest BCUT2D eigenvalue weighted by molar-refractivity contribution is 0.0974. The van der Waals surface area contributed by atoms with Crippen molar-refractivity contribution in [3.8, 4) is 5.75 Å². The third-order valence-electron chi connectivity index (χ3n) is 3.57. The summed E-state index contributed by atoms with van der Waals surface area (Å²) in [5.41, 5.74) is 1.16. The van der Waals surface area contributed by atoms with Crippen LogP contribution in [0.1, 0.15) is 25.8 Å². The maximum atomic E-state index is 6.24. The molecule has 1 N–H and O–H groups in total. The SMILES string of the molecule is Cc1ccc(O[C@@H](C(C)C)[C@H]2CCNC2)c(Cl)c1. The van der Waals surface area contributed by atoms with Crippen LogP contribution in [0.4, 0.5) is 0 Å². The molecular weight excluding hydrogens is 246 g/mol. The fraction of sp³-hybridized carbons (Fsp3) is 0.600. The van der Waals surface area contributed by atoms with Gasteiger partial charge >= 0.3 is 0 Å². The second kappa shape index (κ2) is 5.94. The lowest BCUT2D eigenvalue weighted by Crippen LogP contribution is -2.33. The molecule has 1 heterocycles. The van der Waals surface area contributed by atoms with E-state index in [1.807, 2.05) is 25.1 Å². The summed E-state index contributed by atoms with van der Waals surface area (Å²) in [6, 6.07) is 5.99. The van der Waals surface area contributed by atoms with Gasteiger partial charge in [0.25, 0.3) is 0 Å². The fourth-order valence-corrected chi connectivity index (χ4v) is 2.86. The van der Waals surface area contributed by atoms with Gasteiger partial charge in [0.15, 0.2) is 0 Å². The van der Waals surface area contributed by atoms with Gasteiger partial charge in [-0.1, -0.05) is 31.5 Å². The van der Waals surface area contributed by atoms with Gasteiger partial charge in [-0.3, -0.25) is 0 Å². The van der Waals surface area contributed by atoms with E-state index in [1.54, 1.807) is 0 Å². The smallest absolute Gasteiger partial charge is 0.138 e. The summed E-state index contributed by atoms with van der Waals surface area (Å²) in [5, 5.41) is 4.12. The topological polar surface area (TPSA) is 21.3 Å². The van der Waals surface area contributed by atoms with Gasteiger partial charge in [-0.2, -0.15) is 0 Å². The van der Waals surface area contributed by atoms with Crippen LogP contribution in [0.25, 0.3) is 0 Å². The average Bonchev–Trinajstić information content (AvgIpc) is 2.80. The Labute approximate surface area is 115 Å². The predicted octanol–water partition coefficient (Wildman–Crippen LogP) is 3.66. The molecule has 1 aromatic carbocycles. The number of hydrogen-bond acceptors (Lipinski definition) is 2. The van der Waals surface area contributed by atoms with E-state index in [9.17, 15) is 0 Å². The lowest BCUT2D eigenvalue weighted by Gasteiger charge is -2.28. The number of hydrogen-bond donors (Lipinski definition) is 1. The number of rotatable bonds is 4. The second-order valence-corrected chi connectivity index (χ2v) is 5.92. The first-order valence-electron chi connectivity index (χ1n) is 6.71. The Morgan fingerprint density at radius 2 is 2.17 bits per heavy atom. The minimum absolute atomic E-state index is 0.236. The Bertz CT molecular complexity index is 399. The second-order valence-electron chi connectivity index (χ2n) is 5.51. The van der Waals surface area contributed by atoms with Gasteiger partial charge in [0.1, 0.15) is 11.9 Å². The zero-order chi connectivity index (χ0) is 13.1. The molecule has 1 aliphatic rings. The number of benzene rings is 1. The molecule has 1 fully saturated rings. The van der Waals surface area contributed by atoms with E-state index >= 15 is 0 Å². The molecule has 2 atom stereocenters.